The van der Waals surface area contributed by atoms with Crippen LogP contribution in [0.2, 0.25) is 0 Å². The van der Waals surface area contributed by atoms with Crippen molar-refractivity contribution in [2.24, 2.45) is 5.73 Å². The van der Waals surface area contributed by atoms with Crippen molar-refractivity contribution in [1.82, 2.24) is 9.97 Å². The first-order chi connectivity index (χ1) is 7.36. The lowest BCUT2D eigenvalue weighted by atomic mass is 10.2. The van der Waals surface area contributed by atoms with Crippen molar-refractivity contribution in [3.63, 3.8) is 0 Å². The molecule has 0 fully saturated rings. The van der Waals surface area contributed by atoms with Crippen LogP contribution in [-0.2, 0) is 0 Å². The smallest absolute Gasteiger partial charge is 0.0859 e. The van der Waals surface area contributed by atoms with Crippen molar-refractivity contribution >= 4 is 11.8 Å². The first kappa shape index (κ1) is 9.40. The van der Waals surface area contributed by atoms with Crippen LogP contribution in [0.1, 0.15) is 11.4 Å². The van der Waals surface area contributed by atoms with Crippen LogP contribution in [0.15, 0.2) is 48.8 Å². The molecule has 0 atom stereocenters. The van der Waals surface area contributed by atoms with Crippen LogP contribution in [0, 0.1) is 0 Å². The highest BCUT2D eigenvalue weighted by Crippen LogP contribution is 2.08. The summed E-state index contributed by atoms with van der Waals surface area (Å²) in [6.07, 6.45) is 5.26. The van der Waals surface area contributed by atoms with Crippen molar-refractivity contribution in [2.45, 2.75) is 0 Å². The Morgan fingerprint density at radius 1 is 1.00 bits per heavy atom. The Labute approximate surface area is 88.3 Å². The molecule has 2 N–H and O–H groups in total. The molecular weight excluding hydrogens is 186 g/mol. The normalized spacial score (nSPS) is 11.3. The standard InChI is InChI=1S/C12H11N3/c13-11(12-6-2-4-8-15-12)9-10-5-1-3-7-14-10/h1-9H,13H2/b11-9+. The summed E-state index contributed by atoms with van der Waals surface area (Å²) in [4.78, 5) is 8.31. The number of rotatable bonds is 2. The molecule has 0 bridgehead atoms. The number of pyridine rings is 2. The highest BCUT2D eigenvalue weighted by molar-refractivity contribution is 5.76. The molecule has 0 aliphatic rings. The molecule has 0 aromatic carbocycles. The maximum atomic E-state index is 5.89. The van der Waals surface area contributed by atoms with E-state index in [4.69, 9.17) is 5.73 Å². The molecule has 0 aliphatic carbocycles. The second-order valence-corrected chi connectivity index (χ2v) is 3.07. The van der Waals surface area contributed by atoms with E-state index in [0.717, 1.165) is 11.4 Å². The van der Waals surface area contributed by atoms with Gasteiger partial charge in [-0.15, -0.1) is 0 Å². The molecule has 15 heavy (non-hydrogen) atoms. The van der Waals surface area contributed by atoms with E-state index in [9.17, 15) is 0 Å². The van der Waals surface area contributed by atoms with Gasteiger partial charge in [0.1, 0.15) is 0 Å². The van der Waals surface area contributed by atoms with E-state index in [1.165, 1.54) is 0 Å². The molecule has 2 aromatic rings. The van der Waals surface area contributed by atoms with Crippen LogP contribution in [0.25, 0.3) is 11.8 Å². The van der Waals surface area contributed by atoms with Gasteiger partial charge in [0.15, 0.2) is 0 Å². The fourth-order valence-electron chi connectivity index (χ4n) is 1.23. The van der Waals surface area contributed by atoms with E-state index in [2.05, 4.69) is 9.97 Å². The van der Waals surface area contributed by atoms with E-state index in [0.29, 0.717) is 5.70 Å². The first-order valence-electron chi connectivity index (χ1n) is 4.66. The maximum absolute atomic E-state index is 5.89. The van der Waals surface area contributed by atoms with Crippen molar-refractivity contribution < 1.29 is 0 Å². The molecule has 0 saturated carbocycles. The van der Waals surface area contributed by atoms with Crippen LogP contribution < -0.4 is 5.73 Å². The summed E-state index contributed by atoms with van der Waals surface area (Å²) >= 11 is 0. The maximum Gasteiger partial charge on any atom is 0.0859 e. The fourth-order valence-corrected chi connectivity index (χ4v) is 1.23. The molecule has 0 aliphatic heterocycles. The zero-order valence-electron chi connectivity index (χ0n) is 8.17. The van der Waals surface area contributed by atoms with E-state index in [-0.39, 0.29) is 0 Å². The summed E-state index contributed by atoms with van der Waals surface area (Å²) in [6.45, 7) is 0. The van der Waals surface area contributed by atoms with Gasteiger partial charge < -0.3 is 5.73 Å². The van der Waals surface area contributed by atoms with E-state index < -0.39 is 0 Å². The van der Waals surface area contributed by atoms with E-state index >= 15 is 0 Å². The molecule has 2 heterocycles. The minimum absolute atomic E-state index is 0.620. The number of aromatic nitrogens is 2. The van der Waals surface area contributed by atoms with Gasteiger partial charge >= 0.3 is 0 Å². The van der Waals surface area contributed by atoms with Crippen LogP contribution >= 0.6 is 0 Å². The second-order valence-electron chi connectivity index (χ2n) is 3.07. The lowest BCUT2D eigenvalue weighted by molar-refractivity contribution is 1.25. The Morgan fingerprint density at radius 3 is 2.33 bits per heavy atom. The van der Waals surface area contributed by atoms with E-state index in [1.807, 2.05) is 42.5 Å². The highest BCUT2D eigenvalue weighted by Gasteiger charge is 1.96. The minimum Gasteiger partial charge on any atom is -0.397 e. The molecular formula is C12H11N3. The predicted molar refractivity (Wildman–Crippen MR) is 60.5 cm³/mol. The summed E-state index contributed by atoms with van der Waals surface area (Å²) in [5.74, 6) is 0. The van der Waals surface area contributed by atoms with Gasteiger partial charge in [-0.1, -0.05) is 12.1 Å². The fraction of sp³-hybridized carbons (Fsp3) is 0. The van der Waals surface area contributed by atoms with Crippen LogP contribution in [0.5, 0.6) is 0 Å². The number of hydrogen-bond acceptors (Lipinski definition) is 3. The highest BCUT2D eigenvalue weighted by atomic mass is 14.7. The average Bonchev–Trinajstić information content (AvgIpc) is 2.31. The largest absolute Gasteiger partial charge is 0.397 e. The monoisotopic (exact) mass is 197 g/mol. The molecule has 74 valence electrons. The Bertz CT molecular complexity index is 449. The van der Waals surface area contributed by atoms with Gasteiger partial charge in [0.05, 0.1) is 17.1 Å². The molecule has 3 heteroatoms. The van der Waals surface area contributed by atoms with Crippen molar-refractivity contribution in [2.75, 3.05) is 0 Å². The summed E-state index contributed by atoms with van der Waals surface area (Å²) in [5.41, 5.74) is 8.11. The van der Waals surface area contributed by atoms with Gasteiger partial charge in [-0.2, -0.15) is 0 Å². The average molecular weight is 197 g/mol. The van der Waals surface area contributed by atoms with Gasteiger partial charge in [-0.05, 0) is 30.3 Å². The third-order valence-corrected chi connectivity index (χ3v) is 1.95. The minimum atomic E-state index is 0.620. The topological polar surface area (TPSA) is 51.8 Å². The number of nitrogens with zero attached hydrogens (tertiary/aromatic N) is 2. The Hall–Kier alpha value is -2.16. The van der Waals surface area contributed by atoms with Crippen LogP contribution in [0.3, 0.4) is 0 Å². The Morgan fingerprint density at radius 2 is 1.73 bits per heavy atom. The zero-order valence-corrected chi connectivity index (χ0v) is 8.17. The van der Waals surface area contributed by atoms with Gasteiger partial charge in [0.25, 0.3) is 0 Å². The predicted octanol–water partition coefficient (Wildman–Crippen LogP) is 1.93. The summed E-state index contributed by atoms with van der Waals surface area (Å²) in [5, 5.41) is 0. The molecule has 0 spiro atoms. The number of hydrogen-bond donors (Lipinski definition) is 1. The summed E-state index contributed by atoms with van der Waals surface area (Å²) in [6, 6.07) is 11.3. The van der Waals surface area contributed by atoms with Gasteiger partial charge in [-0.3, -0.25) is 9.97 Å². The number of nitrogens with two attached hydrogens (primary N) is 1. The second kappa shape index (κ2) is 4.37. The van der Waals surface area contributed by atoms with Crippen LogP contribution in [-0.4, -0.2) is 9.97 Å². The van der Waals surface area contributed by atoms with Gasteiger partial charge in [0, 0.05) is 12.4 Å². The molecule has 2 rings (SSSR count). The first-order valence-corrected chi connectivity index (χ1v) is 4.66. The third-order valence-electron chi connectivity index (χ3n) is 1.95. The van der Waals surface area contributed by atoms with Crippen molar-refractivity contribution in [3.05, 3.63) is 60.2 Å². The molecule has 0 unspecified atom stereocenters. The van der Waals surface area contributed by atoms with Gasteiger partial charge in [-0.25, -0.2) is 0 Å². The van der Waals surface area contributed by atoms with Gasteiger partial charge in [0.2, 0.25) is 0 Å². The summed E-state index contributed by atoms with van der Waals surface area (Å²) < 4.78 is 0. The molecule has 2 aromatic heterocycles. The lowest BCUT2D eigenvalue weighted by Crippen LogP contribution is -1.98. The molecule has 0 saturated heterocycles. The third kappa shape index (κ3) is 2.40. The quantitative estimate of drug-likeness (QED) is 0.800. The Balaban J connectivity index is 2.29. The van der Waals surface area contributed by atoms with E-state index in [1.54, 1.807) is 12.4 Å². The molecule has 3 nitrogen and oxygen atoms in total. The Kier molecular flexibility index (Phi) is 2.74. The van der Waals surface area contributed by atoms with Crippen molar-refractivity contribution in [1.29, 1.82) is 0 Å². The van der Waals surface area contributed by atoms with Crippen molar-refractivity contribution in [3.8, 4) is 0 Å². The summed E-state index contributed by atoms with van der Waals surface area (Å²) in [7, 11) is 0. The van der Waals surface area contributed by atoms with Crippen LogP contribution in [0.4, 0.5) is 0 Å². The zero-order chi connectivity index (χ0) is 10.5. The molecule has 0 radical (unpaired) electrons. The lowest BCUT2D eigenvalue weighted by Gasteiger charge is -1.99. The molecule has 0 amide bonds. The SMILES string of the molecule is N/C(=C/c1ccccn1)c1ccccn1.